The molecule has 0 saturated carbocycles. The minimum Gasteiger partial charge on any atom is -0.466 e. The molecular weight excluding hydrogens is 498 g/mol. The van der Waals surface area contributed by atoms with E-state index in [0.717, 1.165) is 4.47 Å². The summed E-state index contributed by atoms with van der Waals surface area (Å²) in [5, 5.41) is 0.301. The van der Waals surface area contributed by atoms with Crippen LogP contribution in [0.3, 0.4) is 0 Å². The van der Waals surface area contributed by atoms with E-state index >= 15 is 0 Å². The molecule has 0 spiro atoms. The first-order valence-electron chi connectivity index (χ1n) is 10.3. The molecule has 170 valence electrons. The first kappa shape index (κ1) is 23.2. The molecule has 1 heterocycles. The van der Waals surface area contributed by atoms with Crippen molar-refractivity contribution >= 4 is 44.5 Å². The third-order valence-corrected chi connectivity index (χ3v) is 5.83. The van der Waals surface area contributed by atoms with Gasteiger partial charge in [0.1, 0.15) is 5.56 Å². The Morgan fingerprint density at radius 2 is 1.53 bits per heavy atom. The van der Waals surface area contributed by atoms with E-state index in [1.165, 1.54) is 20.3 Å². The van der Waals surface area contributed by atoms with Crippen LogP contribution in [0.4, 0.5) is 0 Å². The fourth-order valence-electron chi connectivity index (χ4n) is 3.82. The number of carbonyl (C=O) groups is 2. The quantitative estimate of drug-likeness (QED) is 0.266. The summed E-state index contributed by atoms with van der Waals surface area (Å²) >= 11 is 3.48. The fourth-order valence-corrected chi connectivity index (χ4v) is 4.17. The van der Waals surface area contributed by atoms with Crippen LogP contribution in [-0.4, -0.2) is 30.7 Å². The molecule has 0 aliphatic rings. The second-order valence-corrected chi connectivity index (χ2v) is 8.24. The van der Waals surface area contributed by atoms with Crippen molar-refractivity contribution in [3.63, 3.8) is 0 Å². The van der Waals surface area contributed by atoms with E-state index in [1.807, 2.05) is 48.5 Å². The lowest BCUT2D eigenvalue weighted by Crippen LogP contribution is -2.23. The van der Waals surface area contributed by atoms with E-state index in [-0.39, 0.29) is 5.56 Å². The Bertz CT molecular complexity index is 1470. The summed E-state index contributed by atoms with van der Waals surface area (Å²) in [6.45, 7) is 0. The Morgan fingerprint density at radius 3 is 2.15 bits per heavy atom. The SMILES string of the molecule is COC(=O)/C=C(/c1ccccc1)n1c(-c2ccccc2)c(C(=O)OC)c(=O)c2ccc(Br)cc21. The molecule has 1 aromatic heterocycles. The summed E-state index contributed by atoms with van der Waals surface area (Å²) in [6.07, 6.45) is 1.34. The van der Waals surface area contributed by atoms with E-state index in [2.05, 4.69) is 15.9 Å². The number of ether oxygens (including phenoxy) is 2. The summed E-state index contributed by atoms with van der Waals surface area (Å²) in [5.74, 6) is -1.35. The number of aromatic nitrogens is 1. The smallest absolute Gasteiger partial charge is 0.344 e. The lowest BCUT2D eigenvalue weighted by atomic mass is 9.99. The van der Waals surface area contributed by atoms with Gasteiger partial charge in [-0.2, -0.15) is 0 Å². The van der Waals surface area contributed by atoms with Gasteiger partial charge in [0.25, 0.3) is 0 Å². The van der Waals surface area contributed by atoms with E-state index in [4.69, 9.17) is 9.47 Å². The number of hydrogen-bond acceptors (Lipinski definition) is 5. The highest BCUT2D eigenvalue weighted by atomic mass is 79.9. The number of nitrogens with zero attached hydrogens (tertiary/aromatic N) is 1. The number of carbonyl (C=O) groups excluding carboxylic acids is 2. The molecule has 6 nitrogen and oxygen atoms in total. The van der Waals surface area contributed by atoms with Gasteiger partial charge in [-0.1, -0.05) is 76.6 Å². The van der Waals surface area contributed by atoms with Gasteiger partial charge in [-0.25, -0.2) is 9.59 Å². The largest absolute Gasteiger partial charge is 0.466 e. The summed E-state index contributed by atoms with van der Waals surface area (Å²) in [4.78, 5) is 39.0. The van der Waals surface area contributed by atoms with Crippen LogP contribution >= 0.6 is 15.9 Å². The van der Waals surface area contributed by atoms with Crippen LogP contribution in [0.1, 0.15) is 15.9 Å². The van der Waals surface area contributed by atoms with Crippen molar-refractivity contribution in [1.82, 2.24) is 4.57 Å². The van der Waals surface area contributed by atoms with Crippen molar-refractivity contribution in [1.29, 1.82) is 0 Å². The molecule has 0 unspecified atom stereocenters. The van der Waals surface area contributed by atoms with Crippen LogP contribution in [0, 0.1) is 0 Å². The summed E-state index contributed by atoms with van der Waals surface area (Å²) in [7, 11) is 2.52. The molecule has 4 aromatic rings. The molecule has 0 amide bonds. The fraction of sp³-hybridized carbons (Fsp3) is 0.0741. The molecular formula is C27H20BrNO5. The zero-order chi connectivity index (χ0) is 24.2. The lowest BCUT2D eigenvalue weighted by Gasteiger charge is -2.23. The van der Waals surface area contributed by atoms with Crippen LogP contribution < -0.4 is 5.43 Å². The van der Waals surface area contributed by atoms with Crippen molar-refractivity contribution in [3.05, 3.63) is 111 Å². The summed E-state index contributed by atoms with van der Waals surface area (Å²) in [5.41, 5.74) is 1.94. The monoisotopic (exact) mass is 517 g/mol. The van der Waals surface area contributed by atoms with E-state index < -0.39 is 17.4 Å². The average Bonchev–Trinajstić information content (AvgIpc) is 2.87. The zero-order valence-corrected chi connectivity index (χ0v) is 20.0. The highest BCUT2D eigenvalue weighted by Crippen LogP contribution is 2.33. The van der Waals surface area contributed by atoms with Gasteiger partial charge in [-0.05, 0) is 29.3 Å². The third kappa shape index (κ3) is 4.30. The second kappa shape index (κ2) is 9.89. The molecule has 0 bridgehead atoms. The predicted octanol–water partition coefficient (Wildman–Crippen LogP) is 5.28. The number of fused-ring (bicyclic) bond motifs is 1. The second-order valence-electron chi connectivity index (χ2n) is 7.33. The van der Waals surface area contributed by atoms with Crippen molar-refractivity contribution in [2.45, 2.75) is 0 Å². The molecule has 0 fully saturated rings. The average molecular weight is 518 g/mol. The standard InChI is InChI=1S/C27H20BrNO5/c1-33-23(30)16-21(17-9-5-3-6-10-17)29-22-15-19(28)13-14-20(22)26(31)24(27(32)34-2)25(29)18-11-7-4-8-12-18/h3-16H,1-2H3/b21-16-. The molecule has 34 heavy (non-hydrogen) atoms. The van der Waals surface area contributed by atoms with Gasteiger partial charge in [0, 0.05) is 15.9 Å². The maximum absolute atomic E-state index is 13.6. The first-order chi connectivity index (χ1) is 16.5. The highest BCUT2D eigenvalue weighted by Gasteiger charge is 2.26. The van der Waals surface area contributed by atoms with Gasteiger partial charge in [0.05, 0.1) is 31.1 Å². The summed E-state index contributed by atoms with van der Waals surface area (Å²) < 4.78 is 12.4. The molecule has 3 aromatic carbocycles. The molecule has 7 heteroatoms. The number of halogens is 1. The minimum absolute atomic E-state index is 0.129. The molecule has 0 aliphatic carbocycles. The van der Waals surface area contributed by atoms with Gasteiger partial charge in [0.2, 0.25) is 5.43 Å². The maximum atomic E-state index is 13.6. The van der Waals surface area contributed by atoms with Crippen LogP contribution in [0.25, 0.3) is 27.9 Å². The van der Waals surface area contributed by atoms with Crippen molar-refractivity contribution in [3.8, 4) is 11.3 Å². The maximum Gasteiger partial charge on any atom is 0.344 e. The number of pyridine rings is 1. The molecule has 0 aliphatic heterocycles. The molecule has 0 N–H and O–H groups in total. The van der Waals surface area contributed by atoms with Gasteiger partial charge in [0.15, 0.2) is 0 Å². The Morgan fingerprint density at radius 1 is 0.882 bits per heavy atom. The van der Waals surface area contributed by atoms with Gasteiger partial charge in [-0.3, -0.25) is 4.79 Å². The van der Waals surface area contributed by atoms with Crippen molar-refractivity contribution in [2.24, 2.45) is 0 Å². The van der Waals surface area contributed by atoms with Crippen LogP contribution in [0.15, 0.2) is 94.2 Å². The predicted molar refractivity (Wildman–Crippen MR) is 135 cm³/mol. The molecule has 0 saturated heterocycles. The molecule has 0 atom stereocenters. The Balaban J connectivity index is 2.30. The summed E-state index contributed by atoms with van der Waals surface area (Å²) in [6, 6.07) is 23.4. The normalized spacial score (nSPS) is 11.3. The van der Waals surface area contributed by atoms with Crippen LogP contribution in [0.2, 0.25) is 0 Å². The molecule has 0 radical (unpaired) electrons. The zero-order valence-electron chi connectivity index (χ0n) is 18.4. The van der Waals surface area contributed by atoms with E-state index in [0.29, 0.717) is 33.4 Å². The number of esters is 2. The topological polar surface area (TPSA) is 74.6 Å². The first-order valence-corrected chi connectivity index (χ1v) is 11.1. The van der Waals surface area contributed by atoms with Crippen LogP contribution in [-0.2, 0) is 14.3 Å². The Hall–Kier alpha value is -3.97. The number of methoxy groups -OCH3 is 2. The lowest BCUT2D eigenvalue weighted by molar-refractivity contribution is -0.134. The van der Waals surface area contributed by atoms with Crippen molar-refractivity contribution < 1.29 is 19.1 Å². The number of hydrogen-bond donors (Lipinski definition) is 0. The highest BCUT2D eigenvalue weighted by molar-refractivity contribution is 9.10. The Kier molecular flexibility index (Phi) is 6.75. The number of rotatable bonds is 5. The van der Waals surface area contributed by atoms with Gasteiger partial charge < -0.3 is 14.0 Å². The minimum atomic E-state index is -0.770. The van der Waals surface area contributed by atoms with Crippen LogP contribution in [0.5, 0.6) is 0 Å². The number of benzene rings is 3. The van der Waals surface area contributed by atoms with Gasteiger partial charge >= 0.3 is 11.9 Å². The van der Waals surface area contributed by atoms with Crippen molar-refractivity contribution in [2.75, 3.05) is 14.2 Å². The van der Waals surface area contributed by atoms with E-state index in [1.54, 1.807) is 34.9 Å². The van der Waals surface area contributed by atoms with E-state index in [9.17, 15) is 14.4 Å². The molecule has 4 rings (SSSR count). The Labute approximate surface area is 204 Å². The third-order valence-electron chi connectivity index (χ3n) is 5.34. The van der Waals surface area contributed by atoms with Gasteiger partial charge in [-0.15, -0.1) is 0 Å².